The van der Waals surface area contributed by atoms with E-state index in [1.165, 1.54) is 12.8 Å². The average Bonchev–Trinajstić information content (AvgIpc) is 3.24. The molecule has 3 fully saturated rings. The number of nitrogens with one attached hydrogen (secondary N) is 1. The number of hydrogen-bond donors (Lipinski definition) is 1. The average molecular weight is 278 g/mol. The van der Waals surface area contributed by atoms with E-state index in [2.05, 4.69) is 12.2 Å². The van der Waals surface area contributed by atoms with Gasteiger partial charge in [-0.3, -0.25) is 9.59 Å². The van der Waals surface area contributed by atoms with Gasteiger partial charge in [0, 0.05) is 6.04 Å². The topological polar surface area (TPSA) is 49.4 Å². The van der Waals surface area contributed by atoms with Gasteiger partial charge in [-0.15, -0.1) is 0 Å². The van der Waals surface area contributed by atoms with E-state index in [0.29, 0.717) is 11.8 Å². The van der Waals surface area contributed by atoms with Crippen LogP contribution < -0.4 is 5.32 Å². The van der Waals surface area contributed by atoms with Crippen LogP contribution in [0.25, 0.3) is 0 Å². The van der Waals surface area contributed by atoms with Crippen molar-refractivity contribution in [2.45, 2.75) is 76.9 Å². The van der Waals surface area contributed by atoms with E-state index in [1.807, 2.05) is 11.8 Å². The number of amides is 2. The summed E-state index contributed by atoms with van der Waals surface area (Å²) in [5.41, 5.74) is 0. The van der Waals surface area contributed by atoms with Crippen LogP contribution in [0.5, 0.6) is 0 Å². The number of carbonyl (C=O) groups is 2. The Hall–Kier alpha value is -1.06. The zero-order valence-electron chi connectivity index (χ0n) is 12.6. The summed E-state index contributed by atoms with van der Waals surface area (Å²) in [5.74, 6) is 1.33. The van der Waals surface area contributed by atoms with Crippen molar-refractivity contribution in [2.24, 2.45) is 11.8 Å². The van der Waals surface area contributed by atoms with Crippen molar-refractivity contribution in [2.75, 3.05) is 0 Å². The van der Waals surface area contributed by atoms with Crippen molar-refractivity contribution in [3.8, 4) is 0 Å². The van der Waals surface area contributed by atoms with E-state index in [4.69, 9.17) is 0 Å². The molecule has 0 spiro atoms. The summed E-state index contributed by atoms with van der Waals surface area (Å²) in [6.45, 7) is 4.27. The SMILES string of the molecule is CCC1C(=O)NC(C2CC2)C(=O)N1C1CCCC(C)C1. The fourth-order valence-corrected chi connectivity index (χ4v) is 3.97. The van der Waals surface area contributed by atoms with Crippen molar-refractivity contribution in [3.05, 3.63) is 0 Å². The molecule has 0 aromatic rings. The first-order chi connectivity index (χ1) is 9.61. The molecular formula is C16H26N2O2. The van der Waals surface area contributed by atoms with Crippen LogP contribution >= 0.6 is 0 Å². The number of carbonyl (C=O) groups excluding carboxylic acids is 2. The highest BCUT2D eigenvalue weighted by atomic mass is 16.2. The van der Waals surface area contributed by atoms with Gasteiger partial charge in [-0.25, -0.2) is 0 Å². The van der Waals surface area contributed by atoms with Crippen LogP contribution in [0.3, 0.4) is 0 Å². The van der Waals surface area contributed by atoms with E-state index < -0.39 is 0 Å². The van der Waals surface area contributed by atoms with Crippen LogP contribution in [0.2, 0.25) is 0 Å². The van der Waals surface area contributed by atoms with Crippen molar-refractivity contribution in [3.63, 3.8) is 0 Å². The maximum Gasteiger partial charge on any atom is 0.246 e. The Kier molecular flexibility index (Phi) is 3.74. The lowest BCUT2D eigenvalue weighted by Crippen LogP contribution is -2.66. The van der Waals surface area contributed by atoms with Gasteiger partial charge in [0.25, 0.3) is 0 Å². The van der Waals surface area contributed by atoms with Crippen LogP contribution in [0.1, 0.15) is 58.8 Å². The normalized spacial score (nSPS) is 38.8. The predicted octanol–water partition coefficient (Wildman–Crippen LogP) is 2.08. The lowest BCUT2D eigenvalue weighted by atomic mass is 9.84. The van der Waals surface area contributed by atoms with Gasteiger partial charge in [-0.05, 0) is 43.9 Å². The lowest BCUT2D eigenvalue weighted by molar-refractivity contribution is -0.154. The molecule has 0 aromatic carbocycles. The predicted molar refractivity (Wildman–Crippen MR) is 77.0 cm³/mol. The molecule has 1 aliphatic heterocycles. The first-order valence-electron chi connectivity index (χ1n) is 8.24. The number of rotatable bonds is 3. The Morgan fingerprint density at radius 3 is 2.55 bits per heavy atom. The first-order valence-corrected chi connectivity index (χ1v) is 8.24. The van der Waals surface area contributed by atoms with Crippen molar-refractivity contribution >= 4 is 11.8 Å². The molecule has 4 heteroatoms. The van der Waals surface area contributed by atoms with Crippen molar-refractivity contribution < 1.29 is 9.59 Å². The summed E-state index contributed by atoms with van der Waals surface area (Å²) in [6.07, 6.45) is 7.46. The number of hydrogen-bond acceptors (Lipinski definition) is 2. The summed E-state index contributed by atoms with van der Waals surface area (Å²) in [4.78, 5) is 27.2. The summed E-state index contributed by atoms with van der Waals surface area (Å²) in [5, 5.41) is 2.98. The minimum Gasteiger partial charge on any atom is -0.342 e. The Morgan fingerprint density at radius 2 is 1.95 bits per heavy atom. The third-order valence-corrected chi connectivity index (χ3v) is 5.24. The van der Waals surface area contributed by atoms with E-state index in [1.54, 1.807) is 0 Å². The number of piperazine rings is 1. The van der Waals surface area contributed by atoms with Gasteiger partial charge in [-0.2, -0.15) is 0 Å². The number of nitrogens with zero attached hydrogens (tertiary/aromatic N) is 1. The minimum absolute atomic E-state index is 0.0715. The zero-order valence-corrected chi connectivity index (χ0v) is 12.6. The Morgan fingerprint density at radius 1 is 1.20 bits per heavy atom. The third-order valence-electron chi connectivity index (χ3n) is 5.24. The van der Waals surface area contributed by atoms with Crippen molar-refractivity contribution in [1.82, 2.24) is 10.2 Å². The summed E-state index contributed by atoms with van der Waals surface area (Å²) in [7, 11) is 0. The van der Waals surface area contributed by atoms with E-state index in [-0.39, 0.29) is 29.9 Å². The van der Waals surface area contributed by atoms with E-state index in [0.717, 1.165) is 32.1 Å². The van der Waals surface area contributed by atoms with Gasteiger partial charge in [-0.1, -0.05) is 26.7 Å². The first kappa shape index (κ1) is 13.9. The van der Waals surface area contributed by atoms with Gasteiger partial charge in [0.05, 0.1) is 0 Å². The highest BCUT2D eigenvalue weighted by molar-refractivity contribution is 5.97. The molecular weight excluding hydrogens is 252 g/mol. The van der Waals surface area contributed by atoms with Crippen LogP contribution in [0.15, 0.2) is 0 Å². The van der Waals surface area contributed by atoms with Gasteiger partial charge >= 0.3 is 0 Å². The molecule has 0 aromatic heterocycles. The van der Waals surface area contributed by atoms with E-state index >= 15 is 0 Å². The molecule has 20 heavy (non-hydrogen) atoms. The second-order valence-corrected chi connectivity index (χ2v) is 6.92. The zero-order chi connectivity index (χ0) is 14.3. The molecule has 0 bridgehead atoms. The quantitative estimate of drug-likeness (QED) is 0.859. The minimum atomic E-state index is -0.243. The second-order valence-electron chi connectivity index (χ2n) is 6.92. The molecule has 1 saturated heterocycles. The lowest BCUT2D eigenvalue weighted by Gasteiger charge is -2.45. The summed E-state index contributed by atoms with van der Waals surface area (Å²) in [6, 6.07) is -0.196. The molecule has 4 atom stereocenters. The highest BCUT2D eigenvalue weighted by Gasteiger charge is 2.48. The fourth-order valence-electron chi connectivity index (χ4n) is 3.97. The maximum absolute atomic E-state index is 12.8. The van der Waals surface area contributed by atoms with Crippen LogP contribution in [-0.2, 0) is 9.59 Å². The molecule has 4 nitrogen and oxygen atoms in total. The Bertz CT molecular complexity index is 405. The summed E-state index contributed by atoms with van der Waals surface area (Å²) < 4.78 is 0. The smallest absolute Gasteiger partial charge is 0.246 e. The van der Waals surface area contributed by atoms with Crippen LogP contribution in [-0.4, -0.2) is 34.8 Å². The highest BCUT2D eigenvalue weighted by Crippen LogP contribution is 2.37. The van der Waals surface area contributed by atoms with Crippen molar-refractivity contribution in [1.29, 1.82) is 0 Å². The molecule has 2 saturated carbocycles. The molecule has 1 N–H and O–H groups in total. The largest absolute Gasteiger partial charge is 0.342 e. The van der Waals surface area contributed by atoms with Gasteiger partial charge in [0.2, 0.25) is 11.8 Å². The molecule has 112 valence electrons. The molecule has 2 aliphatic carbocycles. The molecule has 4 unspecified atom stereocenters. The summed E-state index contributed by atoms with van der Waals surface area (Å²) >= 11 is 0. The van der Waals surface area contributed by atoms with Gasteiger partial charge < -0.3 is 10.2 Å². The molecule has 2 amide bonds. The Labute approximate surface area is 121 Å². The van der Waals surface area contributed by atoms with Crippen LogP contribution in [0.4, 0.5) is 0 Å². The second kappa shape index (κ2) is 5.38. The maximum atomic E-state index is 12.8. The fraction of sp³-hybridized carbons (Fsp3) is 0.875. The third kappa shape index (κ3) is 2.45. The monoisotopic (exact) mass is 278 g/mol. The standard InChI is InChI=1S/C16H26N2O2/c1-3-13-15(19)17-14(11-7-8-11)16(20)18(13)12-6-4-5-10(2)9-12/h10-14H,3-9H2,1-2H3,(H,17,19). The Balaban J connectivity index is 1.82. The van der Waals surface area contributed by atoms with Gasteiger partial charge in [0.1, 0.15) is 12.1 Å². The molecule has 1 heterocycles. The molecule has 3 aliphatic rings. The van der Waals surface area contributed by atoms with Crippen LogP contribution in [0, 0.1) is 11.8 Å². The molecule has 0 radical (unpaired) electrons. The van der Waals surface area contributed by atoms with Gasteiger partial charge in [0.15, 0.2) is 0 Å². The van der Waals surface area contributed by atoms with E-state index in [9.17, 15) is 9.59 Å². The molecule has 3 rings (SSSR count).